The second kappa shape index (κ2) is 8.35. The minimum absolute atomic E-state index is 0.0832. The Labute approximate surface area is 132 Å². The van der Waals surface area contributed by atoms with E-state index in [1.54, 1.807) is 0 Å². The Hall–Kier alpha value is -2.13. The number of carbonyl (C=O) groups is 1. The molecule has 116 valence electrons. The Morgan fingerprint density at radius 2 is 1.45 bits per heavy atom. The van der Waals surface area contributed by atoms with Crippen LogP contribution in [0.15, 0.2) is 60.7 Å². The van der Waals surface area contributed by atoms with Gasteiger partial charge in [-0.15, -0.1) is 0 Å². The maximum absolute atomic E-state index is 12.3. The summed E-state index contributed by atoms with van der Waals surface area (Å²) in [7, 11) is 1.90. The largest absolute Gasteiger partial charge is 0.355 e. The summed E-state index contributed by atoms with van der Waals surface area (Å²) in [6, 6.07) is 20.7. The van der Waals surface area contributed by atoms with Crippen LogP contribution in [0.2, 0.25) is 0 Å². The maximum atomic E-state index is 12.3. The Morgan fingerprint density at radius 3 is 1.91 bits per heavy atom. The molecule has 0 aliphatic carbocycles. The molecule has 0 saturated heterocycles. The molecule has 2 rings (SSSR count). The SMILES string of the molecule is CNC(C)CNC(=O)CC(c1ccccc1)c1ccccc1. The van der Waals surface area contributed by atoms with E-state index >= 15 is 0 Å². The topological polar surface area (TPSA) is 41.1 Å². The van der Waals surface area contributed by atoms with Gasteiger partial charge in [0.2, 0.25) is 5.91 Å². The van der Waals surface area contributed by atoms with Gasteiger partial charge in [0.25, 0.3) is 0 Å². The van der Waals surface area contributed by atoms with Gasteiger partial charge in [-0.3, -0.25) is 4.79 Å². The molecule has 0 heterocycles. The number of hydrogen-bond donors (Lipinski definition) is 2. The zero-order chi connectivity index (χ0) is 15.8. The standard InChI is InChI=1S/C19H24N2O/c1-15(20-2)14-21-19(22)13-18(16-9-5-3-6-10-16)17-11-7-4-8-12-17/h3-12,15,18,20H,13-14H2,1-2H3,(H,21,22). The molecule has 22 heavy (non-hydrogen) atoms. The number of carbonyl (C=O) groups excluding carboxylic acids is 1. The highest BCUT2D eigenvalue weighted by Crippen LogP contribution is 2.27. The van der Waals surface area contributed by atoms with Crippen LogP contribution >= 0.6 is 0 Å². The molecule has 0 fully saturated rings. The highest BCUT2D eigenvalue weighted by molar-refractivity contribution is 5.77. The zero-order valence-electron chi connectivity index (χ0n) is 13.3. The van der Waals surface area contributed by atoms with Crippen LogP contribution < -0.4 is 10.6 Å². The summed E-state index contributed by atoms with van der Waals surface area (Å²) in [6.07, 6.45) is 0.463. The second-order valence-electron chi connectivity index (χ2n) is 5.57. The molecule has 2 aromatic carbocycles. The van der Waals surface area contributed by atoms with E-state index in [2.05, 4.69) is 34.9 Å². The third-order valence-electron chi connectivity index (χ3n) is 3.89. The van der Waals surface area contributed by atoms with E-state index in [1.165, 1.54) is 11.1 Å². The van der Waals surface area contributed by atoms with Crippen LogP contribution in [0, 0.1) is 0 Å². The molecule has 0 radical (unpaired) electrons. The molecule has 2 aromatic rings. The first-order chi connectivity index (χ1) is 10.7. The van der Waals surface area contributed by atoms with Crippen molar-refractivity contribution in [1.82, 2.24) is 10.6 Å². The van der Waals surface area contributed by atoms with Crippen LogP contribution in [0.1, 0.15) is 30.4 Å². The fourth-order valence-corrected chi connectivity index (χ4v) is 2.43. The van der Waals surface area contributed by atoms with Gasteiger partial charge in [0.05, 0.1) is 0 Å². The molecule has 0 aliphatic heterocycles. The number of likely N-dealkylation sites (N-methyl/N-ethyl adjacent to an activating group) is 1. The minimum atomic E-state index is 0.0832. The summed E-state index contributed by atoms with van der Waals surface area (Å²) in [5, 5.41) is 6.12. The van der Waals surface area contributed by atoms with E-state index in [0.717, 1.165) is 0 Å². The van der Waals surface area contributed by atoms with Crippen molar-refractivity contribution in [2.75, 3.05) is 13.6 Å². The van der Waals surface area contributed by atoms with Crippen molar-refractivity contribution in [3.63, 3.8) is 0 Å². The number of hydrogen-bond acceptors (Lipinski definition) is 2. The predicted octanol–water partition coefficient (Wildman–Crippen LogP) is 2.93. The van der Waals surface area contributed by atoms with Gasteiger partial charge in [-0.05, 0) is 25.1 Å². The van der Waals surface area contributed by atoms with E-state index in [9.17, 15) is 4.79 Å². The lowest BCUT2D eigenvalue weighted by Gasteiger charge is -2.19. The lowest BCUT2D eigenvalue weighted by molar-refractivity contribution is -0.121. The van der Waals surface area contributed by atoms with Crippen LogP contribution in [0.3, 0.4) is 0 Å². The van der Waals surface area contributed by atoms with E-state index in [1.807, 2.05) is 50.4 Å². The highest BCUT2D eigenvalue weighted by Gasteiger charge is 2.18. The van der Waals surface area contributed by atoms with Crippen molar-refractivity contribution in [1.29, 1.82) is 0 Å². The third kappa shape index (κ3) is 4.71. The first-order valence-corrected chi connectivity index (χ1v) is 7.74. The molecule has 1 unspecified atom stereocenters. The molecule has 1 amide bonds. The molecule has 0 aliphatic rings. The normalized spacial score (nSPS) is 12.1. The molecule has 0 saturated carbocycles. The van der Waals surface area contributed by atoms with Gasteiger partial charge in [-0.25, -0.2) is 0 Å². The van der Waals surface area contributed by atoms with E-state index in [0.29, 0.717) is 13.0 Å². The maximum Gasteiger partial charge on any atom is 0.221 e. The van der Waals surface area contributed by atoms with E-state index in [-0.39, 0.29) is 17.9 Å². The van der Waals surface area contributed by atoms with Crippen LogP contribution in [0.25, 0.3) is 0 Å². The minimum Gasteiger partial charge on any atom is -0.355 e. The Bertz CT molecular complexity index is 529. The summed E-state index contributed by atoms with van der Waals surface area (Å²) in [5.74, 6) is 0.173. The van der Waals surface area contributed by atoms with Gasteiger partial charge in [-0.1, -0.05) is 60.7 Å². The quantitative estimate of drug-likeness (QED) is 0.825. The molecular formula is C19H24N2O. The van der Waals surface area contributed by atoms with Crippen molar-refractivity contribution in [3.8, 4) is 0 Å². The summed E-state index contributed by atoms with van der Waals surface area (Å²) in [4.78, 5) is 12.3. The lowest BCUT2D eigenvalue weighted by atomic mass is 9.88. The Kier molecular flexibility index (Phi) is 6.16. The monoisotopic (exact) mass is 296 g/mol. The summed E-state index contributed by atoms with van der Waals surface area (Å²) < 4.78 is 0. The van der Waals surface area contributed by atoms with Gasteiger partial charge in [0.15, 0.2) is 0 Å². The Balaban J connectivity index is 2.11. The number of nitrogens with one attached hydrogen (secondary N) is 2. The fraction of sp³-hybridized carbons (Fsp3) is 0.316. The molecule has 3 heteroatoms. The van der Waals surface area contributed by atoms with Crippen molar-refractivity contribution >= 4 is 5.91 Å². The van der Waals surface area contributed by atoms with E-state index < -0.39 is 0 Å². The summed E-state index contributed by atoms with van der Waals surface area (Å²) in [5.41, 5.74) is 2.34. The fourth-order valence-electron chi connectivity index (χ4n) is 2.43. The van der Waals surface area contributed by atoms with Crippen LogP contribution in [0.5, 0.6) is 0 Å². The average molecular weight is 296 g/mol. The first-order valence-electron chi connectivity index (χ1n) is 7.74. The van der Waals surface area contributed by atoms with Gasteiger partial charge in [0.1, 0.15) is 0 Å². The van der Waals surface area contributed by atoms with Gasteiger partial charge >= 0.3 is 0 Å². The average Bonchev–Trinajstić information content (AvgIpc) is 2.59. The number of amides is 1. The number of rotatable bonds is 7. The second-order valence-corrected chi connectivity index (χ2v) is 5.57. The molecular weight excluding hydrogens is 272 g/mol. The van der Waals surface area contributed by atoms with Crippen LogP contribution in [0.4, 0.5) is 0 Å². The van der Waals surface area contributed by atoms with Crippen LogP contribution in [-0.4, -0.2) is 25.5 Å². The van der Waals surface area contributed by atoms with Gasteiger partial charge < -0.3 is 10.6 Å². The predicted molar refractivity (Wildman–Crippen MR) is 90.9 cm³/mol. The third-order valence-corrected chi connectivity index (χ3v) is 3.89. The van der Waals surface area contributed by atoms with Crippen molar-refractivity contribution in [2.24, 2.45) is 0 Å². The molecule has 1 atom stereocenters. The van der Waals surface area contributed by atoms with E-state index in [4.69, 9.17) is 0 Å². The zero-order valence-corrected chi connectivity index (χ0v) is 13.3. The van der Waals surface area contributed by atoms with Gasteiger partial charge in [0, 0.05) is 24.9 Å². The van der Waals surface area contributed by atoms with Gasteiger partial charge in [-0.2, -0.15) is 0 Å². The molecule has 0 spiro atoms. The van der Waals surface area contributed by atoms with Crippen molar-refractivity contribution < 1.29 is 4.79 Å². The highest BCUT2D eigenvalue weighted by atomic mass is 16.1. The lowest BCUT2D eigenvalue weighted by Crippen LogP contribution is -2.37. The van der Waals surface area contributed by atoms with Crippen molar-refractivity contribution in [2.45, 2.75) is 25.3 Å². The molecule has 2 N–H and O–H groups in total. The summed E-state index contributed by atoms with van der Waals surface area (Å²) >= 11 is 0. The molecule has 3 nitrogen and oxygen atoms in total. The Morgan fingerprint density at radius 1 is 0.955 bits per heavy atom. The molecule has 0 bridgehead atoms. The molecule has 0 aromatic heterocycles. The van der Waals surface area contributed by atoms with Crippen LogP contribution in [-0.2, 0) is 4.79 Å². The summed E-state index contributed by atoms with van der Waals surface area (Å²) in [6.45, 7) is 2.69. The van der Waals surface area contributed by atoms with Crippen molar-refractivity contribution in [3.05, 3.63) is 71.8 Å². The number of benzene rings is 2. The first kappa shape index (κ1) is 16.2. The smallest absolute Gasteiger partial charge is 0.221 e.